The normalized spacial score (nSPS) is 19.8. The molecule has 5 heterocycles. The average Bonchev–Trinajstić information content (AvgIpc) is 3.09. The summed E-state index contributed by atoms with van der Waals surface area (Å²) in [6.45, 7) is 3.57. The van der Waals surface area contributed by atoms with Crippen molar-refractivity contribution in [3.05, 3.63) is 30.1 Å². The average molecular weight is 409 g/mol. The van der Waals surface area contributed by atoms with Crippen LogP contribution in [0.5, 0.6) is 0 Å². The van der Waals surface area contributed by atoms with Crippen LogP contribution < -0.4 is 9.80 Å². The third-order valence-corrected chi connectivity index (χ3v) is 6.26. The van der Waals surface area contributed by atoms with Crippen LogP contribution in [0.15, 0.2) is 29.0 Å². The molecule has 3 aromatic heterocycles. The number of aromatic nitrogens is 5. The Labute approximate surface area is 175 Å². The van der Waals surface area contributed by atoms with Crippen LogP contribution in [0.2, 0.25) is 0 Å². The van der Waals surface area contributed by atoms with Gasteiger partial charge >= 0.3 is 0 Å². The number of rotatable bonds is 4. The smallest absolute Gasteiger partial charge is 0.245 e. The molecular weight excluding hydrogens is 382 g/mol. The van der Waals surface area contributed by atoms with E-state index in [2.05, 4.69) is 25.1 Å². The summed E-state index contributed by atoms with van der Waals surface area (Å²) in [4.78, 5) is 18.5. The van der Waals surface area contributed by atoms with Crippen molar-refractivity contribution < 1.29 is 9.74 Å². The lowest BCUT2D eigenvalue weighted by Crippen LogP contribution is -2.38. The van der Waals surface area contributed by atoms with Crippen LogP contribution in [0.1, 0.15) is 50.3 Å². The first-order valence-electron chi connectivity index (χ1n) is 10.9. The van der Waals surface area contributed by atoms with Gasteiger partial charge in [0.05, 0.1) is 11.8 Å². The SMILES string of the molecule is O[C@H](c1ccccn1)C1CCN(c2nc3nonc3nc2N2CCCCCC2)CC1. The van der Waals surface area contributed by atoms with Crippen LogP contribution >= 0.6 is 0 Å². The van der Waals surface area contributed by atoms with Crippen molar-refractivity contribution in [1.82, 2.24) is 25.3 Å². The van der Waals surface area contributed by atoms with Crippen LogP contribution in [0.4, 0.5) is 11.6 Å². The minimum Gasteiger partial charge on any atom is -0.387 e. The fourth-order valence-electron chi connectivity index (χ4n) is 4.55. The number of piperidine rings is 1. The Bertz CT molecular complexity index is 964. The molecule has 1 N–H and O–H groups in total. The molecule has 0 spiro atoms. The van der Waals surface area contributed by atoms with Gasteiger partial charge in [-0.2, -0.15) is 0 Å². The van der Waals surface area contributed by atoms with Crippen LogP contribution in [0.3, 0.4) is 0 Å². The number of pyridine rings is 1. The van der Waals surface area contributed by atoms with Gasteiger partial charge in [0.25, 0.3) is 0 Å². The highest BCUT2D eigenvalue weighted by Gasteiger charge is 2.30. The van der Waals surface area contributed by atoms with E-state index in [-0.39, 0.29) is 5.92 Å². The van der Waals surface area contributed by atoms with Crippen LogP contribution in [0.25, 0.3) is 11.3 Å². The molecule has 9 heteroatoms. The van der Waals surface area contributed by atoms with Gasteiger partial charge in [0.2, 0.25) is 11.3 Å². The fourth-order valence-corrected chi connectivity index (χ4v) is 4.55. The zero-order valence-electron chi connectivity index (χ0n) is 17.0. The summed E-state index contributed by atoms with van der Waals surface area (Å²) in [6, 6.07) is 5.69. The molecule has 0 saturated carbocycles. The highest BCUT2D eigenvalue weighted by molar-refractivity contribution is 5.74. The largest absolute Gasteiger partial charge is 0.387 e. The van der Waals surface area contributed by atoms with E-state index in [0.717, 1.165) is 69.2 Å². The zero-order valence-corrected chi connectivity index (χ0v) is 17.0. The van der Waals surface area contributed by atoms with E-state index in [9.17, 15) is 5.11 Å². The molecule has 2 aliphatic rings. The summed E-state index contributed by atoms with van der Waals surface area (Å²) in [5.74, 6) is 1.91. The van der Waals surface area contributed by atoms with E-state index >= 15 is 0 Å². The van der Waals surface area contributed by atoms with E-state index in [4.69, 9.17) is 14.6 Å². The van der Waals surface area contributed by atoms with Gasteiger partial charge in [-0.3, -0.25) is 4.98 Å². The Morgan fingerprint density at radius 3 is 2.10 bits per heavy atom. The van der Waals surface area contributed by atoms with Gasteiger partial charge in [-0.1, -0.05) is 18.9 Å². The summed E-state index contributed by atoms with van der Waals surface area (Å²) in [7, 11) is 0. The van der Waals surface area contributed by atoms with E-state index in [0.29, 0.717) is 11.3 Å². The minimum atomic E-state index is -0.535. The summed E-state index contributed by atoms with van der Waals surface area (Å²) in [6.07, 6.45) is 7.77. The monoisotopic (exact) mass is 409 g/mol. The van der Waals surface area contributed by atoms with Crippen molar-refractivity contribution in [3.8, 4) is 0 Å². The number of nitrogens with zero attached hydrogens (tertiary/aromatic N) is 7. The lowest BCUT2D eigenvalue weighted by atomic mass is 9.89. The lowest BCUT2D eigenvalue weighted by Gasteiger charge is -2.36. The highest BCUT2D eigenvalue weighted by atomic mass is 16.6. The molecule has 5 rings (SSSR count). The number of hydrogen-bond donors (Lipinski definition) is 1. The quantitative estimate of drug-likeness (QED) is 0.696. The predicted molar refractivity (Wildman–Crippen MR) is 112 cm³/mol. The molecule has 3 aromatic rings. The van der Waals surface area contributed by atoms with E-state index < -0.39 is 6.10 Å². The second-order valence-electron chi connectivity index (χ2n) is 8.21. The van der Waals surface area contributed by atoms with Crippen LogP contribution in [0, 0.1) is 5.92 Å². The molecule has 0 aromatic carbocycles. The summed E-state index contributed by atoms with van der Waals surface area (Å²) >= 11 is 0. The Balaban J connectivity index is 1.37. The van der Waals surface area contributed by atoms with Crippen molar-refractivity contribution in [2.75, 3.05) is 36.0 Å². The van der Waals surface area contributed by atoms with Crippen molar-refractivity contribution in [3.63, 3.8) is 0 Å². The number of aliphatic hydroxyl groups is 1. The molecule has 0 radical (unpaired) electrons. The molecule has 2 aliphatic heterocycles. The first kappa shape index (κ1) is 19.2. The fraction of sp³-hybridized carbons (Fsp3) is 0.571. The molecule has 30 heavy (non-hydrogen) atoms. The first-order valence-corrected chi connectivity index (χ1v) is 10.9. The predicted octanol–water partition coefficient (Wildman–Crippen LogP) is 2.74. The molecule has 158 valence electrons. The van der Waals surface area contributed by atoms with Gasteiger partial charge < -0.3 is 14.9 Å². The topological polar surface area (TPSA) is 104 Å². The molecule has 9 nitrogen and oxygen atoms in total. The standard InChI is InChI=1S/C21H27N7O2/c29-17(16-7-3-4-10-22-16)15-8-13-28(14-9-15)21-20(27-11-5-1-2-6-12-27)23-18-19(24-21)26-30-25-18/h3-4,7,10,15,17,29H,1-2,5-6,8-9,11-14H2/t17-/m0/s1. The molecule has 0 unspecified atom stereocenters. The Morgan fingerprint density at radius 1 is 0.867 bits per heavy atom. The van der Waals surface area contributed by atoms with Gasteiger partial charge in [0, 0.05) is 32.4 Å². The molecular formula is C21H27N7O2. The number of fused-ring (bicyclic) bond motifs is 1. The second-order valence-corrected chi connectivity index (χ2v) is 8.21. The van der Waals surface area contributed by atoms with Gasteiger partial charge in [-0.15, -0.1) is 0 Å². The maximum absolute atomic E-state index is 10.8. The Morgan fingerprint density at radius 2 is 1.50 bits per heavy atom. The minimum absolute atomic E-state index is 0.184. The molecule has 0 amide bonds. The molecule has 2 saturated heterocycles. The van der Waals surface area contributed by atoms with Gasteiger partial charge in [0.15, 0.2) is 11.6 Å². The highest BCUT2D eigenvalue weighted by Crippen LogP contribution is 2.35. The van der Waals surface area contributed by atoms with Crippen molar-refractivity contribution in [1.29, 1.82) is 0 Å². The number of anilines is 2. The molecule has 0 aliphatic carbocycles. The lowest BCUT2D eigenvalue weighted by molar-refractivity contribution is 0.0890. The first-order chi connectivity index (χ1) is 14.8. The number of hydrogen-bond acceptors (Lipinski definition) is 9. The number of aliphatic hydroxyl groups excluding tert-OH is 1. The van der Waals surface area contributed by atoms with Gasteiger partial charge in [0.1, 0.15) is 0 Å². The van der Waals surface area contributed by atoms with Gasteiger partial charge in [-0.25, -0.2) is 14.6 Å². The van der Waals surface area contributed by atoms with Gasteiger partial charge in [-0.05, 0) is 54.0 Å². The summed E-state index contributed by atoms with van der Waals surface area (Å²) < 4.78 is 4.87. The van der Waals surface area contributed by atoms with Crippen molar-refractivity contribution in [2.45, 2.75) is 44.6 Å². The van der Waals surface area contributed by atoms with Crippen LogP contribution in [-0.4, -0.2) is 56.6 Å². The zero-order chi connectivity index (χ0) is 20.3. The summed E-state index contributed by atoms with van der Waals surface area (Å²) in [5, 5.41) is 18.6. The third-order valence-electron chi connectivity index (χ3n) is 6.26. The Hall–Kier alpha value is -2.81. The summed E-state index contributed by atoms with van der Waals surface area (Å²) in [5.41, 5.74) is 1.65. The van der Waals surface area contributed by atoms with Crippen molar-refractivity contribution >= 4 is 22.9 Å². The Kier molecular flexibility index (Phi) is 5.44. The van der Waals surface area contributed by atoms with Crippen LogP contribution in [-0.2, 0) is 0 Å². The molecule has 1 atom stereocenters. The molecule has 2 fully saturated rings. The maximum Gasteiger partial charge on any atom is 0.245 e. The van der Waals surface area contributed by atoms with E-state index in [1.165, 1.54) is 12.8 Å². The van der Waals surface area contributed by atoms with Crippen molar-refractivity contribution in [2.24, 2.45) is 5.92 Å². The molecule has 0 bridgehead atoms. The second kappa shape index (κ2) is 8.51. The maximum atomic E-state index is 10.8. The van der Waals surface area contributed by atoms with E-state index in [1.54, 1.807) is 6.20 Å². The third kappa shape index (κ3) is 3.81. The van der Waals surface area contributed by atoms with E-state index in [1.807, 2.05) is 18.2 Å².